The molecule has 1 heterocycles. The third kappa shape index (κ3) is 3.05. The number of benzene rings is 1. The SMILES string of the molecule is CN(Cc1ccccc1[N+](=O)[O-])C1CCNCC1. The number of hydrogen-bond donors (Lipinski definition) is 1. The molecule has 0 spiro atoms. The zero-order chi connectivity index (χ0) is 13.0. The van der Waals surface area contributed by atoms with Crippen molar-refractivity contribution in [2.45, 2.75) is 25.4 Å². The molecule has 1 aliphatic heterocycles. The second-order valence-electron chi connectivity index (χ2n) is 4.78. The molecule has 0 aliphatic carbocycles. The molecule has 0 radical (unpaired) electrons. The monoisotopic (exact) mass is 249 g/mol. The predicted octanol–water partition coefficient (Wildman–Crippen LogP) is 1.78. The molecule has 0 amide bonds. The van der Waals surface area contributed by atoms with Crippen molar-refractivity contribution in [2.75, 3.05) is 20.1 Å². The highest BCUT2D eigenvalue weighted by molar-refractivity contribution is 5.39. The topological polar surface area (TPSA) is 58.4 Å². The summed E-state index contributed by atoms with van der Waals surface area (Å²) in [4.78, 5) is 12.9. The zero-order valence-electron chi connectivity index (χ0n) is 10.6. The highest BCUT2D eigenvalue weighted by atomic mass is 16.6. The molecule has 1 aromatic carbocycles. The van der Waals surface area contributed by atoms with Gasteiger partial charge in [0, 0.05) is 24.2 Å². The lowest BCUT2D eigenvalue weighted by atomic mass is 10.0. The van der Waals surface area contributed by atoms with Crippen LogP contribution in [0.25, 0.3) is 0 Å². The first-order valence-electron chi connectivity index (χ1n) is 6.31. The van der Waals surface area contributed by atoms with E-state index in [-0.39, 0.29) is 10.6 Å². The van der Waals surface area contributed by atoms with Crippen LogP contribution in [0.1, 0.15) is 18.4 Å². The number of nitro benzene ring substituents is 1. The maximum Gasteiger partial charge on any atom is 0.273 e. The largest absolute Gasteiger partial charge is 0.317 e. The van der Waals surface area contributed by atoms with Crippen molar-refractivity contribution in [3.05, 3.63) is 39.9 Å². The van der Waals surface area contributed by atoms with Gasteiger partial charge in [0.1, 0.15) is 0 Å². The van der Waals surface area contributed by atoms with Crippen LogP contribution in [0.5, 0.6) is 0 Å². The van der Waals surface area contributed by atoms with E-state index in [0.717, 1.165) is 31.5 Å². The van der Waals surface area contributed by atoms with Gasteiger partial charge in [-0.2, -0.15) is 0 Å². The van der Waals surface area contributed by atoms with Crippen LogP contribution in [0.3, 0.4) is 0 Å². The van der Waals surface area contributed by atoms with Crippen molar-refractivity contribution < 1.29 is 4.92 Å². The number of nitrogens with one attached hydrogen (secondary N) is 1. The summed E-state index contributed by atoms with van der Waals surface area (Å²) in [5, 5.41) is 14.3. The first-order valence-corrected chi connectivity index (χ1v) is 6.31. The maximum atomic E-state index is 11.0. The van der Waals surface area contributed by atoms with E-state index in [1.807, 2.05) is 19.2 Å². The van der Waals surface area contributed by atoms with Gasteiger partial charge in [-0.05, 0) is 33.0 Å². The van der Waals surface area contributed by atoms with Crippen molar-refractivity contribution in [2.24, 2.45) is 0 Å². The Labute approximate surface area is 107 Å². The molecular weight excluding hydrogens is 230 g/mol. The molecule has 2 rings (SSSR count). The fraction of sp³-hybridized carbons (Fsp3) is 0.538. The quantitative estimate of drug-likeness (QED) is 0.652. The fourth-order valence-electron chi connectivity index (χ4n) is 2.47. The Hall–Kier alpha value is -1.46. The van der Waals surface area contributed by atoms with E-state index in [1.54, 1.807) is 12.1 Å². The van der Waals surface area contributed by atoms with Gasteiger partial charge in [-0.3, -0.25) is 15.0 Å². The van der Waals surface area contributed by atoms with Crippen molar-refractivity contribution in [1.82, 2.24) is 10.2 Å². The number of piperidine rings is 1. The average Bonchev–Trinajstić information content (AvgIpc) is 2.40. The van der Waals surface area contributed by atoms with Gasteiger partial charge in [0.25, 0.3) is 5.69 Å². The van der Waals surface area contributed by atoms with E-state index in [4.69, 9.17) is 0 Å². The van der Waals surface area contributed by atoms with Crippen LogP contribution in [-0.4, -0.2) is 36.0 Å². The number of nitro groups is 1. The zero-order valence-corrected chi connectivity index (χ0v) is 10.6. The third-order valence-corrected chi connectivity index (χ3v) is 3.54. The van der Waals surface area contributed by atoms with Crippen LogP contribution >= 0.6 is 0 Å². The summed E-state index contributed by atoms with van der Waals surface area (Å²) < 4.78 is 0. The highest BCUT2D eigenvalue weighted by Gasteiger charge is 2.20. The Morgan fingerprint density at radius 2 is 2.06 bits per heavy atom. The summed E-state index contributed by atoms with van der Waals surface area (Å²) >= 11 is 0. The van der Waals surface area contributed by atoms with Crippen LogP contribution in [0, 0.1) is 10.1 Å². The summed E-state index contributed by atoms with van der Waals surface area (Å²) in [6, 6.07) is 7.51. The highest BCUT2D eigenvalue weighted by Crippen LogP contribution is 2.21. The molecule has 0 unspecified atom stereocenters. The van der Waals surface area contributed by atoms with E-state index < -0.39 is 0 Å². The van der Waals surface area contributed by atoms with Crippen molar-refractivity contribution >= 4 is 5.69 Å². The van der Waals surface area contributed by atoms with Crippen molar-refractivity contribution in [1.29, 1.82) is 0 Å². The van der Waals surface area contributed by atoms with Gasteiger partial charge >= 0.3 is 0 Å². The molecule has 0 atom stereocenters. The lowest BCUT2D eigenvalue weighted by Crippen LogP contribution is -2.40. The molecule has 98 valence electrons. The number of para-hydroxylation sites is 1. The Bertz CT molecular complexity index is 416. The molecule has 0 saturated carbocycles. The number of nitrogens with zero attached hydrogens (tertiary/aromatic N) is 2. The second-order valence-corrected chi connectivity index (χ2v) is 4.78. The van der Waals surface area contributed by atoms with Gasteiger partial charge in [-0.1, -0.05) is 18.2 Å². The number of rotatable bonds is 4. The van der Waals surface area contributed by atoms with Gasteiger partial charge in [0.15, 0.2) is 0 Å². The van der Waals surface area contributed by atoms with Gasteiger partial charge in [0.05, 0.1) is 4.92 Å². The first-order chi connectivity index (χ1) is 8.68. The molecule has 5 nitrogen and oxygen atoms in total. The molecule has 1 saturated heterocycles. The van der Waals surface area contributed by atoms with Crippen LogP contribution in [0.4, 0.5) is 5.69 Å². The van der Waals surface area contributed by atoms with Crippen LogP contribution in [0.2, 0.25) is 0 Å². The van der Waals surface area contributed by atoms with Gasteiger partial charge in [-0.25, -0.2) is 0 Å². The van der Waals surface area contributed by atoms with Crippen LogP contribution in [-0.2, 0) is 6.54 Å². The Morgan fingerprint density at radius 1 is 1.39 bits per heavy atom. The molecule has 1 aromatic rings. The average molecular weight is 249 g/mol. The minimum atomic E-state index is -0.300. The molecule has 5 heteroatoms. The standard InChI is InChI=1S/C13H19N3O2/c1-15(12-6-8-14-9-7-12)10-11-4-2-3-5-13(11)16(17)18/h2-5,12,14H,6-10H2,1H3. The smallest absolute Gasteiger partial charge is 0.273 e. The second kappa shape index (κ2) is 5.93. The molecule has 0 bridgehead atoms. The van der Waals surface area contributed by atoms with E-state index in [0.29, 0.717) is 12.6 Å². The normalized spacial score (nSPS) is 17.0. The summed E-state index contributed by atoms with van der Waals surface area (Å²) in [5.74, 6) is 0. The third-order valence-electron chi connectivity index (χ3n) is 3.54. The molecule has 1 aliphatic rings. The van der Waals surface area contributed by atoms with Gasteiger partial charge in [0.2, 0.25) is 0 Å². The summed E-state index contributed by atoms with van der Waals surface area (Å²) in [6.45, 7) is 2.71. The Kier molecular flexibility index (Phi) is 4.28. The van der Waals surface area contributed by atoms with Crippen LogP contribution < -0.4 is 5.32 Å². The van der Waals surface area contributed by atoms with E-state index >= 15 is 0 Å². The predicted molar refractivity (Wildman–Crippen MR) is 70.5 cm³/mol. The van der Waals surface area contributed by atoms with E-state index in [2.05, 4.69) is 10.2 Å². The molecular formula is C13H19N3O2. The van der Waals surface area contributed by atoms with Gasteiger partial charge < -0.3 is 5.32 Å². The lowest BCUT2D eigenvalue weighted by Gasteiger charge is -2.31. The molecule has 18 heavy (non-hydrogen) atoms. The first kappa shape index (κ1) is 13.0. The van der Waals surface area contributed by atoms with Crippen molar-refractivity contribution in [3.63, 3.8) is 0 Å². The summed E-state index contributed by atoms with van der Waals surface area (Å²) in [5.41, 5.74) is 1.02. The summed E-state index contributed by atoms with van der Waals surface area (Å²) in [7, 11) is 2.05. The Morgan fingerprint density at radius 3 is 2.72 bits per heavy atom. The number of hydrogen-bond acceptors (Lipinski definition) is 4. The van der Waals surface area contributed by atoms with Gasteiger partial charge in [-0.15, -0.1) is 0 Å². The fourth-order valence-corrected chi connectivity index (χ4v) is 2.47. The summed E-state index contributed by atoms with van der Waals surface area (Å²) in [6.07, 6.45) is 2.22. The molecule has 1 N–H and O–H groups in total. The van der Waals surface area contributed by atoms with E-state index in [1.165, 1.54) is 0 Å². The van der Waals surface area contributed by atoms with E-state index in [9.17, 15) is 10.1 Å². The van der Waals surface area contributed by atoms with Crippen LogP contribution in [0.15, 0.2) is 24.3 Å². The molecule has 0 aromatic heterocycles. The minimum absolute atomic E-state index is 0.221. The van der Waals surface area contributed by atoms with Crippen molar-refractivity contribution in [3.8, 4) is 0 Å². The Balaban J connectivity index is 2.06. The minimum Gasteiger partial charge on any atom is -0.317 e. The molecule has 1 fully saturated rings. The lowest BCUT2D eigenvalue weighted by molar-refractivity contribution is -0.385. The maximum absolute atomic E-state index is 11.0.